The van der Waals surface area contributed by atoms with E-state index in [2.05, 4.69) is 23.8 Å². The largest absolute Gasteiger partial charge is 0.481 e. The average molecular weight is 206 g/mol. The SMILES string of the molecule is CCc1ncnc(OC)c1C1(CC)CC1. The predicted octanol–water partition coefficient (Wildman–Crippen LogP) is 2.49. The van der Waals surface area contributed by atoms with Crippen molar-refractivity contribution < 1.29 is 4.74 Å². The predicted molar refractivity (Wildman–Crippen MR) is 59.2 cm³/mol. The Morgan fingerprint density at radius 1 is 1.33 bits per heavy atom. The Hall–Kier alpha value is -1.12. The molecule has 0 N–H and O–H groups in total. The first-order valence-corrected chi connectivity index (χ1v) is 5.65. The van der Waals surface area contributed by atoms with Crippen LogP contribution < -0.4 is 4.74 Å². The second kappa shape index (κ2) is 3.80. The van der Waals surface area contributed by atoms with Crippen LogP contribution in [0, 0.1) is 0 Å². The van der Waals surface area contributed by atoms with Crippen molar-refractivity contribution in [2.75, 3.05) is 7.11 Å². The molecule has 1 heterocycles. The molecule has 1 saturated carbocycles. The number of rotatable bonds is 4. The van der Waals surface area contributed by atoms with Gasteiger partial charge in [-0.1, -0.05) is 13.8 Å². The molecular weight excluding hydrogens is 188 g/mol. The zero-order valence-corrected chi connectivity index (χ0v) is 9.71. The average Bonchev–Trinajstić information content (AvgIpc) is 3.08. The van der Waals surface area contributed by atoms with Crippen molar-refractivity contribution in [2.24, 2.45) is 0 Å². The van der Waals surface area contributed by atoms with Gasteiger partial charge in [0.05, 0.1) is 12.8 Å². The van der Waals surface area contributed by atoms with Crippen LogP contribution in [0.1, 0.15) is 44.4 Å². The monoisotopic (exact) mass is 206 g/mol. The van der Waals surface area contributed by atoms with Gasteiger partial charge in [0.15, 0.2) is 0 Å². The van der Waals surface area contributed by atoms with Crippen molar-refractivity contribution in [2.45, 2.75) is 44.9 Å². The summed E-state index contributed by atoms with van der Waals surface area (Å²) in [6, 6.07) is 0. The molecule has 2 rings (SSSR count). The van der Waals surface area contributed by atoms with Crippen molar-refractivity contribution in [3.05, 3.63) is 17.6 Å². The van der Waals surface area contributed by atoms with Gasteiger partial charge >= 0.3 is 0 Å². The summed E-state index contributed by atoms with van der Waals surface area (Å²) >= 11 is 0. The number of aromatic nitrogens is 2. The normalized spacial score (nSPS) is 17.5. The topological polar surface area (TPSA) is 35.0 Å². The summed E-state index contributed by atoms with van der Waals surface area (Å²) in [5.41, 5.74) is 2.73. The summed E-state index contributed by atoms with van der Waals surface area (Å²) in [5, 5.41) is 0. The van der Waals surface area contributed by atoms with Crippen molar-refractivity contribution in [1.82, 2.24) is 9.97 Å². The molecular formula is C12H18N2O. The van der Waals surface area contributed by atoms with E-state index in [9.17, 15) is 0 Å². The molecule has 3 nitrogen and oxygen atoms in total. The zero-order chi connectivity index (χ0) is 10.9. The van der Waals surface area contributed by atoms with Crippen LogP contribution in [-0.2, 0) is 11.8 Å². The maximum Gasteiger partial charge on any atom is 0.220 e. The van der Waals surface area contributed by atoms with E-state index in [1.807, 2.05) is 0 Å². The van der Waals surface area contributed by atoms with E-state index in [0.29, 0.717) is 5.41 Å². The molecule has 0 aromatic carbocycles. The molecule has 15 heavy (non-hydrogen) atoms. The van der Waals surface area contributed by atoms with Crippen LogP contribution in [0.4, 0.5) is 0 Å². The third-order valence-corrected chi connectivity index (χ3v) is 3.48. The summed E-state index contributed by atoms with van der Waals surface area (Å²) in [5.74, 6) is 0.779. The fourth-order valence-corrected chi connectivity index (χ4v) is 2.29. The van der Waals surface area contributed by atoms with Crippen LogP contribution in [0.5, 0.6) is 5.88 Å². The van der Waals surface area contributed by atoms with Gasteiger partial charge in [0.2, 0.25) is 5.88 Å². The van der Waals surface area contributed by atoms with E-state index in [4.69, 9.17) is 4.74 Å². The van der Waals surface area contributed by atoms with Crippen LogP contribution >= 0.6 is 0 Å². The van der Waals surface area contributed by atoms with Gasteiger partial charge in [0.1, 0.15) is 6.33 Å². The van der Waals surface area contributed by atoms with Crippen molar-refractivity contribution in [3.8, 4) is 5.88 Å². The molecule has 0 spiro atoms. The maximum atomic E-state index is 5.36. The molecule has 1 aliphatic rings. The maximum absolute atomic E-state index is 5.36. The first kappa shape index (κ1) is 10.4. The first-order valence-electron chi connectivity index (χ1n) is 5.65. The third kappa shape index (κ3) is 1.60. The van der Waals surface area contributed by atoms with Gasteiger partial charge in [-0.05, 0) is 25.7 Å². The minimum atomic E-state index is 0.317. The Morgan fingerprint density at radius 3 is 2.53 bits per heavy atom. The van der Waals surface area contributed by atoms with E-state index in [-0.39, 0.29) is 0 Å². The lowest BCUT2D eigenvalue weighted by molar-refractivity contribution is 0.382. The number of hydrogen-bond donors (Lipinski definition) is 0. The van der Waals surface area contributed by atoms with Crippen LogP contribution in [0.2, 0.25) is 0 Å². The molecule has 0 unspecified atom stereocenters. The molecule has 0 aliphatic heterocycles. The van der Waals surface area contributed by atoms with Gasteiger partial charge in [0, 0.05) is 11.0 Å². The van der Waals surface area contributed by atoms with Gasteiger partial charge in [-0.2, -0.15) is 0 Å². The molecule has 1 fully saturated rings. The van der Waals surface area contributed by atoms with Crippen LogP contribution in [0.25, 0.3) is 0 Å². The quantitative estimate of drug-likeness (QED) is 0.759. The first-order chi connectivity index (χ1) is 7.27. The third-order valence-electron chi connectivity index (χ3n) is 3.48. The molecule has 1 aromatic heterocycles. The van der Waals surface area contributed by atoms with E-state index in [1.54, 1.807) is 13.4 Å². The second-order valence-corrected chi connectivity index (χ2v) is 4.19. The minimum Gasteiger partial charge on any atom is -0.481 e. The van der Waals surface area contributed by atoms with Crippen molar-refractivity contribution >= 4 is 0 Å². The van der Waals surface area contributed by atoms with Gasteiger partial charge in [0.25, 0.3) is 0 Å². The summed E-state index contributed by atoms with van der Waals surface area (Å²) < 4.78 is 5.36. The molecule has 82 valence electrons. The lowest BCUT2D eigenvalue weighted by Gasteiger charge is -2.18. The molecule has 0 amide bonds. The highest BCUT2D eigenvalue weighted by atomic mass is 16.5. The van der Waals surface area contributed by atoms with Gasteiger partial charge in [-0.15, -0.1) is 0 Å². The Morgan fingerprint density at radius 2 is 2.07 bits per heavy atom. The number of hydrogen-bond acceptors (Lipinski definition) is 3. The number of aryl methyl sites for hydroxylation is 1. The summed E-state index contributed by atoms with van der Waals surface area (Å²) in [7, 11) is 1.69. The molecule has 1 aromatic rings. The fourth-order valence-electron chi connectivity index (χ4n) is 2.29. The molecule has 0 saturated heterocycles. The molecule has 0 bridgehead atoms. The van der Waals surface area contributed by atoms with Crippen LogP contribution in [-0.4, -0.2) is 17.1 Å². The lowest BCUT2D eigenvalue weighted by atomic mass is 9.91. The van der Waals surface area contributed by atoms with E-state index in [1.165, 1.54) is 18.4 Å². The number of nitrogens with zero attached hydrogens (tertiary/aromatic N) is 2. The Bertz CT molecular complexity index is 336. The summed E-state index contributed by atoms with van der Waals surface area (Å²) in [4.78, 5) is 8.60. The van der Waals surface area contributed by atoms with E-state index in [0.717, 1.165) is 24.4 Å². The standard InChI is InChI=1S/C12H18N2O/c1-4-9-10(12(5-2)6-7-12)11(15-3)14-8-13-9/h8H,4-7H2,1-3H3. The smallest absolute Gasteiger partial charge is 0.220 e. The van der Waals surface area contributed by atoms with E-state index >= 15 is 0 Å². The molecule has 3 heteroatoms. The van der Waals surface area contributed by atoms with Crippen molar-refractivity contribution in [3.63, 3.8) is 0 Å². The van der Waals surface area contributed by atoms with Crippen LogP contribution in [0.15, 0.2) is 6.33 Å². The Kier molecular flexibility index (Phi) is 2.63. The fraction of sp³-hybridized carbons (Fsp3) is 0.667. The van der Waals surface area contributed by atoms with Gasteiger partial charge in [-0.3, -0.25) is 0 Å². The molecule has 0 radical (unpaired) electrons. The molecule has 0 atom stereocenters. The van der Waals surface area contributed by atoms with Gasteiger partial charge in [-0.25, -0.2) is 9.97 Å². The second-order valence-electron chi connectivity index (χ2n) is 4.19. The summed E-state index contributed by atoms with van der Waals surface area (Å²) in [6.45, 7) is 4.37. The summed E-state index contributed by atoms with van der Waals surface area (Å²) in [6.07, 6.45) is 6.22. The minimum absolute atomic E-state index is 0.317. The molecule has 1 aliphatic carbocycles. The van der Waals surface area contributed by atoms with E-state index < -0.39 is 0 Å². The van der Waals surface area contributed by atoms with Gasteiger partial charge < -0.3 is 4.74 Å². The highest BCUT2D eigenvalue weighted by Crippen LogP contribution is 2.54. The Balaban J connectivity index is 2.51. The number of ether oxygens (including phenoxy) is 1. The Labute approximate surface area is 90.9 Å². The van der Waals surface area contributed by atoms with Crippen molar-refractivity contribution in [1.29, 1.82) is 0 Å². The highest BCUT2D eigenvalue weighted by Gasteiger charge is 2.46. The lowest BCUT2D eigenvalue weighted by Crippen LogP contribution is -2.13. The number of methoxy groups -OCH3 is 1. The zero-order valence-electron chi connectivity index (χ0n) is 9.71. The van der Waals surface area contributed by atoms with Crippen LogP contribution in [0.3, 0.4) is 0 Å². The highest BCUT2D eigenvalue weighted by molar-refractivity contribution is 5.41.